The number of carbonyl (C=O) groups is 1. The van der Waals surface area contributed by atoms with E-state index in [4.69, 9.17) is 9.47 Å². The van der Waals surface area contributed by atoms with Crippen molar-refractivity contribution in [3.8, 4) is 11.5 Å². The predicted molar refractivity (Wildman–Crippen MR) is 115 cm³/mol. The van der Waals surface area contributed by atoms with Gasteiger partial charge in [-0.1, -0.05) is 6.07 Å². The number of urea groups is 1. The number of hydrogen-bond donors (Lipinski definition) is 1. The van der Waals surface area contributed by atoms with Gasteiger partial charge in [-0.25, -0.2) is 14.8 Å². The van der Waals surface area contributed by atoms with Gasteiger partial charge in [0.25, 0.3) is 0 Å². The highest BCUT2D eigenvalue weighted by atomic mass is 32.2. The average Bonchev–Trinajstić information content (AvgIpc) is 2.76. The number of benzene rings is 2. The number of aromatic nitrogens is 2. The van der Waals surface area contributed by atoms with Crippen molar-refractivity contribution in [2.75, 3.05) is 25.6 Å². The minimum atomic E-state index is -0.181. The van der Waals surface area contributed by atoms with Crippen LogP contribution in [0.4, 0.5) is 10.5 Å². The summed E-state index contributed by atoms with van der Waals surface area (Å²) in [4.78, 5) is 23.8. The molecule has 1 aromatic heterocycles. The third-order valence-electron chi connectivity index (χ3n) is 4.56. The molecule has 2 amide bonds. The summed E-state index contributed by atoms with van der Waals surface area (Å²) in [6.45, 7) is 3.52. The Hall–Kier alpha value is -3.26. The third-order valence-corrected chi connectivity index (χ3v) is 5.45. The van der Waals surface area contributed by atoms with Crippen LogP contribution in [0, 0.1) is 6.92 Å². The lowest BCUT2D eigenvalue weighted by Gasteiger charge is -2.22. The Morgan fingerprint density at radius 2 is 1.87 bits per heavy atom. The standard InChI is InChI=1S/C22H22N4O3S/c1-15-12-17(30-21-23-8-3-9-24-21)5-6-18(15)25-22(27)26(2)14-16-4-7-19-20(13-16)29-11-10-28-19/h3-9,12-13H,10-11,14H2,1-2H3,(H,25,27). The zero-order valence-electron chi connectivity index (χ0n) is 16.8. The molecule has 0 fully saturated rings. The van der Waals surface area contributed by atoms with Gasteiger partial charge in [0.15, 0.2) is 16.7 Å². The highest BCUT2D eigenvalue weighted by Crippen LogP contribution is 2.31. The fourth-order valence-corrected chi connectivity index (χ4v) is 3.84. The van der Waals surface area contributed by atoms with E-state index in [1.807, 2.05) is 43.3 Å². The average molecular weight is 423 g/mol. The first-order chi connectivity index (χ1) is 14.6. The second kappa shape index (κ2) is 9.04. The summed E-state index contributed by atoms with van der Waals surface area (Å²) in [5.74, 6) is 1.46. The second-order valence-corrected chi connectivity index (χ2v) is 7.92. The monoisotopic (exact) mass is 422 g/mol. The molecule has 7 nitrogen and oxygen atoms in total. The Kier molecular flexibility index (Phi) is 6.04. The maximum atomic E-state index is 12.7. The molecule has 8 heteroatoms. The molecule has 1 aliphatic rings. The molecule has 0 bridgehead atoms. The smallest absolute Gasteiger partial charge is 0.321 e. The van der Waals surface area contributed by atoms with E-state index in [2.05, 4.69) is 15.3 Å². The zero-order valence-corrected chi connectivity index (χ0v) is 17.6. The molecule has 2 aromatic carbocycles. The molecule has 0 saturated carbocycles. The van der Waals surface area contributed by atoms with Crippen LogP contribution in [-0.4, -0.2) is 41.2 Å². The number of hydrogen-bond acceptors (Lipinski definition) is 6. The molecule has 0 radical (unpaired) electrons. The van der Waals surface area contributed by atoms with E-state index in [0.29, 0.717) is 24.9 Å². The summed E-state index contributed by atoms with van der Waals surface area (Å²) in [6, 6.07) is 13.2. The van der Waals surface area contributed by atoms with Crippen LogP contribution in [0.2, 0.25) is 0 Å². The van der Waals surface area contributed by atoms with Crippen molar-refractivity contribution in [2.45, 2.75) is 23.5 Å². The van der Waals surface area contributed by atoms with Crippen LogP contribution in [0.25, 0.3) is 0 Å². The van der Waals surface area contributed by atoms with Crippen LogP contribution < -0.4 is 14.8 Å². The summed E-state index contributed by atoms with van der Waals surface area (Å²) in [5.41, 5.74) is 2.72. The summed E-state index contributed by atoms with van der Waals surface area (Å²) in [6.07, 6.45) is 3.43. The number of anilines is 1. The van der Waals surface area contributed by atoms with Crippen molar-refractivity contribution >= 4 is 23.5 Å². The second-order valence-electron chi connectivity index (χ2n) is 6.87. The summed E-state index contributed by atoms with van der Waals surface area (Å²) >= 11 is 1.48. The van der Waals surface area contributed by atoms with Gasteiger partial charge in [-0.2, -0.15) is 0 Å². The van der Waals surface area contributed by atoms with Gasteiger partial charge in [-0.05, 0) is 66.2 Å². The van der Waals surface area contributed by atoms with Crippen molar-refractivity contribution in [3.05, 3.63) is 66.0 Å². The maximum Gasteiger partial charge on any atom is 0.321 e. The first-order valence-corrected chi connectivity index (χ1v) is 10.4. The summed E-state index contributed by atoms with van der Waals surface area (Å²) in [5, 5.41) is 3.66. The highest BCUT2D eigenvalue weighted by Gasteiger charge is 2.15. The fourth-order valence-electron chi connectivity index (χ4n) is 3.03. The molecule has 0 aliphatic carbocycles. The lowest BCUT2D eigenvalue weighted by molar-refractivity contribution is 0.171. The Labute approximate surface area is 179 Å². The van der Waals surface area contributed by atoms with Gasteiger partial charge in [-0.15, -0.1) is 0 Å². The number of nitrogens with zero attached hydrogens (tertiary/aromatic N) is 3. The molecule has 1 N–H and O–H groups in total. The molecular weight excluding hydrogens is 400 g/mol. The van der Waals surface area contributed by atoms with Crippen LogP contribution in [0.1, 0.15) is 11.1 Å². The lowest BCUT2D eigenvalue weighted by Crippen LogP contribution is -2.31. The minimum Gasteiger partial charge on any atom is -0.486 e. The van der Waals surface area contributed by atoms with Crippen LogP contribution in [0.15, 0.2) is 64.9 Å². The van der Waals surface area contributed by atoms with E-state index >= 15 is 0 Å². The molecular formula is C22H22N4O3S. The maximum absolute atomic E-state index is 12.7. The Morgan fingerprint density at radius 3 is 2.63 bits per heavy atom. The number of carbonyl (C=O) groups excluding carboxylic acids is 1. The van der Waals surface area contributed by atoms with Crippen LogP contribution in [-0.2, 0) is 6.54 Å². The van der Waals surface area contributed by atoms with Gasteiger partial charge < -0.3 is 19.7 Å². The van der Waals surface area contributed by atoms with Crippen LogP contribution >= 0.6 is 11.8 Å². The molecule has 4 rings (SSSR count). The zero-order chi connectivity index (χ0) is 20.9. The Bertz CT molecular complexity index is 1050. The topological polar surface area (TPSA) is 76.6 Å². The van der Waals surface area contributed by atoms with E-state index < -0.39 is 0 Å². The number of rotatable bonds is 5. The fraction of sp³-hybridized carbons (Fsp3) is 0.227. The van der Waals surface area contributed by atoms with E-state index in [9.17, 15) is 4.79 Å². The van der Waals surface area contributed by atoms with Gasteiger partial charge in [0.1, 0.15) is 13.2 Å². The van der Waals surface area contributed by atoms with Gasteiger partial charge in [-0.3, -0.25) is 0 Å². The first-order valence-electron chi connectivity index (χ1n) is 9.54. The van der Waals surface area contributed by atoms with Gasteiger partial charge >= 0.3 is 6.03 Å². The van der Waals surface area contributed by atoms with Gasteiger partial charge in [0, 0.05) is 36.6 Å². The van der Waals surface area contributed by atoms with Crippen molar-refractivity contribution in [3.63, 3.8) is 0 Å². The van der Waals surface area contributed by atoms with Crippen molar-refractivity contribution in [1.29, 1.82) is 0 Å². The number of ether oxygens (including phenoxy) is 2. The number of fused-ring (bicyclic) bond motifs is 1. The molecule has 2 heterocycles. The predicted octanol–water partition coefficient (Wildman–Crippen LogP) is 4.37. The van der Waals surface area contributed by atoms with Crippen molar-refractivity contribution in [1.82, 2.24) is 14.9 Å². The van der Waals surface area contributed by atoms with Gasteiger partial charge in [0.2, 0.25) is 0 Å². The number of aryl methyl sites for hydroxylation is 1. The Morgan fingerprint density at radius 1 is 1.10 bits per heavy atom. The Balaban J connectivity index is 1.38. The molecule has 0 unspecified atom stereocenters. The van der Waals surface area contributed by atoms with E-state index in [1.165, 1.54) is 11.8 Å². The van der Waals surface area contributed by atoms with Crippen molar-refractivity contribution in [2.24, 2.45) is 0 Å². The number of amides is 2. The molecule has 154 valence electrons. The van der Waals surface area contributed by atoms with Crippen LogP contribution in [0.5, 0.6) is 11.5 Å². The van der Waals surface area contributed by atoms with Crippen LogP contribution in [0.3, 0.4) is 0 Å². The largest absolute Gasteiger partial charge is 0.486 e. The van der Waals surface area contributed by atoms with Crippen molar-refractivity contribution < 1.29 is 14.3 Å². The first kappa shape index (κ1) is 20.0. The van der Waals surface area contributed by atoms with E-state index in [0.717, 1.165) is 33.2 Å². The lowest BCUT2D eigenvalue weighted by atomic mass is 10.2. The molecule has 0 spiro atoms. The molecule has 0 atom stereocenters. The highest BCUT2D eigenvalue weighted by molar-refractivity contribution is 7.99. The molecule has 1 aliphatic heterocycles. The SMILES string of the molecule is Cc1cc(Sc2ncccn2)ccc1NC(=O)N(C)Cc1ccc2c(c1)OCCO2. The molecule has 30 heavy (non-hydrogen) atoms. The molecule has 3 aromatic rings. The van der Waals surface area contributed by atoms with E-state index in [-0.39, 0.29) is 6.03 Å². The minimum absolute atomic E-state index is 0.181. The third kappa shape index (κ3) is 4.83. The molecule has 0 saturated heterocycles. The normalized spacial score (nSPS) is 12.3. The van der Waals surface area contributed by atoms with Gasteiger partial charge in [0.05, 0.1) is 0 Å². The van der Waals surface area contributed by atoms with E-state index in [1.54, 1.807) is 30.4 Å². The summed E-state index contributed by atoms with van der Waals surface area (Å²) < 4.78 is 11.2. The quantitative estimate of drug-likeness (QED) is 0.615. The summed E-state index contributed by atoms with van der Waals surface area (Å²) in [7, 11) is 1.76. The number of nitrogens with one attached hydrogen (secondary N) is 1.